The Hall–Kier alpha value is -1.83. The topological polar surface area (TPSA) is 30.2 Å². The van der Waals surface area contributed by atoms with E-state index < -0.39 is 0 Å². The molecule has 0 amide bonds. The van der Waals surface area contributed by atoms with E-state index in [1.165, 1.54) is 5.56 Å². The first-order valence-electron chi connectivity index (χ1n) is 6.80. The summed E-state index contributed by atoms with van der Waals surface area (Å²) in [4.78, 5) is 12.7. The third kappa shape index (κ3) is 2.62. The fourth-order valence-electron chi connectivity index (χ4n) is 2.36. The number of rotatable bonds is 4. The molecule has 2 nitrogen and oxygen atoms in total. The molecule has 0 unspecified atom stereocenters. The molecule has 0 aliphatic carbocycles. The van der Waals surface area contributed by atoms with Gasteiger partial charge in [-0.05, 0) is 49.9 Å². The van der Waals surface area contributed by atoms with Gasteiger partial charge in [0.1, 0.15) is 11.5 Å². The molecule has 1 aromatic carbocycles. The molecule has 0 N–H and O–H groups in total. The molecule has 0 aliphatic heterocycles. The maximum atomic E-state index is 12.7. The van der Waals surface area contributed by atoms with Gasteiger partial charge in [-0.3, -0.25) is 4.79 Å². The van der Waals surface area contributed by atoms with E-state index in [-0.39, 0.29) is 5.78 Å². The van der Waals surface area contributed by atoms with Crippen molar-refractivity contribution in [3.8, 4) is 0 Å². The molecule has 0 spiro atoms. The van der Waals surface area contributed by atoms with E-state index in [2.05, 4.69) is 26.0 Å². The van der Waals surface area contributed by atoms with E-state index in [1.54, 1.807) is 0 Å². The number of carbonyl (C=O) groups excluding carboxylic acids is 1. The summed E-state index contributed by atoms with van der Waals surface area (Å²) in [5.74, 6) is 1.55. The van der Waals surface area contributed by atoms with Crippen molar-refractivity contribution >= 4 is 5.78 Å². The fourth-order valence-corrected chi connectivity index (χ4v) is 2.36. The van der Waals surface area contributed by atoms with Crippen LogP contribution in [0.1, 0.15) is 52.4 Å². The monoisotopic (exact) mass is 256 g/mol. The van der Waals surface area contributed by atoms with Gasteiger partial charge in [0.05, 0.1) is 5.56 Å². The standard InChI is InChI=1S/C17H20O2/c1-5-13-7-8-14(6-2)16(10-13)17(18)15-9-11(3)19-12(15)4/h7-10H,5-6H2,1-4H3. The second-order valence-electron chi connectivity index (χ2n) is 4.85. The van der Waals surface area contributed by atoms with Crippen molar-refractivity contribution in [3.05, 3.63) is 58.0 Å². The van der Waals surface area contributed by atoms with Gasteiger partial charge in [0, 0.05) is 5.56 Å². The average molecular weight is 256 g/mol. The zero-order valence-corrected chi connectivity index (χ0v) is 12.0. The Labute approximate surface area is 114 Å². The lowest BCUT2D eigenvalue weighted by Gasteiger charge is -2.08. The molecule has 0 bridgehead atoms. The molecule has 2 aromatic rings. The first-order chi connectivity index (χ1) is 9.06. The van der Waals surface area contributed by atoms with Crippen LogP contribution in [-0.2, 0) is 12.8 Å². The summed E-state index contributed by atoms with van der Waals surface area (Å²) in [7, 11) is 0. The van der Waals surface area contributed by atoms with Gasteiger partial charge in [-0.2, -0.15) is 0 Å². The highest BCUT2D eigenvalue weighted by molar-refractivity contribution is 6.10. The Morgan fingerprint density at radius 2 is 1.79 bits per heavy atom. The Bertz CT molecular complexity index is 606. The van der Waals surface area contributed by atoms with Gasteiger partial charge in [0.15, 0.2) is 5.78 Å². The van der Waals surface area contributed by atoms with Gasteiger partial charge in [0.25, 0.3) is 0 Å². The second kappa shape index (κ2) is 5.43. The van der Waals surface area contributed by atoms with Crippen molar-refractivity contribution in [3.63, 3.8) is 0 Å². The van der Waals surface area contributed by atoms with Crippen molar-refractivity contribution in [2.75, 3.05) is 0 Å². The van der Waals surface area contributed by atoms with E-state index in [9.17, 15) is 4.79 Å². The van der Waals surface area contributed by atoms with Crippen LogP contribution in [-0.4, -0.2) is 5.78 Å². The van der Waals surface area contributed by atoms with Crippen LogP contribution >= 0.6 is 0 Å². The lowest BCUT2D eigenvalue weighted by Crippen LogP contribution is -2.06. The Morgan fingerprint density at radius 3 is 2.32 bits per heavy atom. The van der Waals surface area contributed by atoms with Crippen molar-refractivity contribution < 1.29 is 9.21 Å². The largest absolute Gasteiger partial charge is 0.466 e. The maximum absolute atomic E-state index is 12.7. The minimum Gasteiger partial charge on any atom is -0.466 e. The molecule has 19 heavy (non-hydrogen) atoms. The summed E-state index contributed by atoms with van der Waals surface area (Å²) >= 11 is 0. The van der Waals surface area contributed by atoms with E-state index >= 15 is 0 Å². The Balaban J connectivity index is 2.51. The smallest absolute Gasteiger partial charge is 0.196 e. The highest BCUT2D eigenvalue weighted by Gasteiger charge is 2.18. The molecule has 0 saturated heterocycles. The molecule has 0 atom stereocenters. The normalized spacial score (nSPS) is 10.7. The van der Waals surface area contributed by atoms with Crippen molar-refractivity contribution in [1.29, 1.82) is 0 Å². The van der Waals surface area contributed by atoms with Crippen LogP contribution in [0.25, 0.3) is 0 Å². The fraction of sp³-hybridized carbons (Fsp3) is 0.353. The first kappa shape index (κ1) is 13.6. The van der Waals surface area contributed by atoms with Crippen LogP contribution in [0, 0.1) is 13.8 Å². The van der Waals surface area contributed by atoms with Crippen molar-refractivity contribution in [1.82, 2.24) is 0 Å². The first-order valence-corrected chi connectivity index (χ1v) is 6.80. The Kier molecular flexibility index (Phi) is 3.89. The minimum absolute atomic E-state index is 0.0708. The number of benzene rings is 1. The summed E-state index contributed by atoms with van der Waals surface area (Å²) in [5.41, 5.74) is 3.78. The number of aryl methyl sites for hydroxylation is 4. The number of furan rings is 1. The molecule has 2 rings (SSSR count). The molecule has 2 heteroatoms. The highest BCUT2D eigenvalue weighted by atomic mass is 16.3. The summed E-state index contributed by atoms with van der Waals surface area (Å²) < 4.78 is 5.47. The predicted octanol–water partition coefficient (Wildman–Crippen LogP) is 4.25. The number of carbonyl (C=O) groups is 1. The predicted molar refractivity (Wildman–Crippen MR) is 76.8 cm³/mol. The van der Waals surface area contributed by atoms with Crippen LogP contribution in [0.4, 0.5) is 0 Å². The lowest BCUT2D eigenvalue weighted by atomic mass is 9.94. The van der Waals surface area contributed by atoms with Gasteiger partial charge in [-0.15, -0.1) is 0 Å². The summed E-state index contributed by atoms with van der Waals surface area (Å²) in [6.45, 7) is 7.89. The average Bonchev–Trinajstić information content (AvgIpc) is 2.76. The molecule has 1 aromatic heterocycles. The van der Waals surface area contributed by atoms with E-state index in [1.807, 2.05) is 26.0 Å². The summed E-state index contributed by atoms with van der Waals surface area (Å²) in [5, 5.41) is 0. The molecule has 0 aliphatic rings. The van der Waals surface area contributed by atoms with Gasteiger partial charge < -0.3 is 4.42 Å². The third-order valence-electron chi connectivity index (χ3n) is 3.49. The van der Waals surface area contributed by atoms with Crippen LogP contribution < -0.4 is 0 Å². The van der Waals surface area contributed by atoms with Crippen molar-refractivity contribution in [2.45, 2.75) is 40.5 Å². The van der Waals surface area contributed by atoms with Gasteiger partial charge in [-0.1, -0.05) is 26.0 Å². The third-order valence-corrected chi connectivity index (χ3v) is 3.49. The van der Waals surface area contributed by atoms with Crippen LogP contribution in [0.5, 0.6) is 0 Å². The zero-order chi connectivity index (χ0) is 14.0. The highest BCUT2D eigenvalue weighted by Crippen LogP contribution is 2.22. The Morgan fingerprint density at radius 1 is 1.05 bits per heavy atom. The zero-order valence-electron chi connectivity index (χ0n) is 12.0. The molecular formula is C17H20O2. The van der Waals surface area contributed by atoms with E-state index in [0.29, 0.717) is 11.3 Å². The second-order valence-corrected chi connectivity index (χ2v) is 4.85. The molecule has 1 heterocycles. The quantitative estimate of drug-likeness (QED) is 0.765. The van der Waals surface area contributed by atoms with Crippen LogP contribution in [0.2, 0.25) is 0 Å². The van der Waals surface area contributed by atoms with Crippen molar-refractivity contribution in [2.24, 2.45) is 0 Å². The van der Waals surface area contributed by atoms with Gasteiger partial charge in [0.2, 0.25) is 0 Å². The molecule has 0 fully saturated rings. The van der Waals surface area contributed by atoms with E-state index in [4.69, 9.17) is 4.42 Å². The summed E-state index contributed by atoms with van der Waals surface area (Å²) in [6.07, 6.45) is 1.80. The molecular weight excluding hydrogens is 236 g/mol. The van der Waals surface area contributed by atoms with Gasteiger partial charge >= 0.3 is 0 Å². The maximum Gasteiger partial charge on any atom is 0.196 e. The minimum atomic E-state index is 0.0708. The summed E-state index contributed by atoms with van der Waals surface area (Å²) in [6, 6.07) is 8.01. The lowest BCUT2D eigenvalue weighted by molar-refractivity contribution is 0.103. The van der Waals surface area contributed by atoms with Gasteiger partial charge in [-0.25, -0.2) is 0 Å². The van der Waals surface area contributed by atoms with Crippen LogP contribution in [0.3, 0.4) is 0 Å². The molecule has 0 saturated carbocycles. The molecule has 0 radical (unpaired) electrons. The SMILES string of the molecule is CCc1ccc(CC)c(C(=O)c2cc(C)oc2C)c1. The molecule has 100 valence electrons. The number of ketones is 1. The van der Waals surface area contributed by atoms with Crippen LogP contribution in [0.15, 0.2) is 28.7 Å². The van der Waals surface area contributed by atoms with E-state index in [0.717, 1.165) is 29.7 Å². The number of hydrogen-bond acceptors (Lipinski definition) is 2. The number of hydrogen-bond donors (Lipinski definition) is 0.